The largest absolute Gasteiger partial charge is 0.476 e. The van der Waals surface area contributed by atoms with Crippen LogP contribution < -0.4 is 0 Å². The van der Waals surface area contributed by atoms with Crippen molar-refractivity contribution in [1.82, 2.24) is 9.97 Å². The number of carboxylic acids is 1. The van der Waals surface area contributed by atoms with Crippen LogP contribution in [0.2, 0.25) is 0 Å². The van der Waals surface area contributed by atoms with E-state index in [4.69, 9.17) is 18.7 Å². The van der Waals surface area contributed by atoms with E-state index in [-0.39, 0.29) is 43.9 Å². The third-order valence-corrected chi connectivity index (χ3v) is 5.53. The summed E-state index contributed by atoms with van der Waals surface area (Å²) in [6.07, 6.45) is 1.83. The summed E-state index contributed by atoms with van der Waals surface area (Å²) in [6, 6.07) is 3.59. The molecule has 4 rings (SSSR count). The van der Waals surface area contributed by atoms with E-state index in [9.17, 15) is 27.2 Å². The maximum atomic E-state index is 13.8. The van der Waals surface area contributed by atoms with Crippen molar-refractivity contribution in [3.63, 3.8) is 0 Å². The van der Waals surface area contributed by atoms with Crippen molar-refractivity contribution < 1.29 is 45.8 Å². The summed E-state index contributed by atoms with van der Waals surface area (Å²) in [6.45, 7) is 1.76. The summed E-state index contributed by atoms with van der Waals surface area (Å²) in [5.74, 6) is -5.57. The van der Waals surface area contributed by atoms with Gasteiger partial charge in [-0.1, -0.05) is 0 Å². The zero-order chi connectivity index (χ0) is 26.6. The zero-order valence-electron chi connectivity index (χ0n) is 17.8. The highest BCUT2D eigenvalue weighted by atomic mass is 79.9. The summed E-state index contributed by atoms with van der Waals surface area (Å²) in [5, 5.41) is 8.78. The lowest BCUT2D eigenvalue weighted by atomic mass is 10.1. The molecule has 0 aliphatic carbocycles. The molecule has 188 valence electrons. The molecule has 2 aromatic carbocycles. The van der Waals surface area contributed by atoms with E-state index < -0.39 is 40.9 Å². The Morgan fingerprint density at radius 3 is 1.72 bits per heavy atom. The van der Waals surface area contributed by atoms with E-state index in [0.29, 0.717) is 0 Å². The molecular formula is C22H12Br2F4N2O6. The number of oxazole rings is 2. The van der Waals surface area contributed by atoms with Crippen molar-refractivity contribution in [1.29, 1.82) is 0 Å². The second kappa shape index (κ2) is 11.5. The van der Waals surface area contributed by atoms with Gasteiger partial charge in [0.25, 0.3) is 0 Å². The summed E-state index contributed by atoms with van der Waals surface area (Å²) in [5.41, 5.74) is -1.14. The Labute approximate surface area is 216 Å². The molecule has 0 saturated heterocycles. The number of aromatic nitrogens is 2. The average Bonchev–Trinajstić information content (AvgIpc) is 3.49. The van der Waals surface area contributed by atoms with E-state index in [1.165, 1.54) is 0 Å². The number of carbonyl (C=O) groups is 2. The molecule has 0 saturated carbocycles. The Morgan fingerprint density at radius 1 is 0.833 bits per heavy atom. The van der Waals surface area contributed by atoms with Crippen LogP contribution in [0, 0.1) is 23.3 Å². The molecule has 0 atom stereocenters. The van der Waals surface area contributed by atoms with Crippen molar-refractivity contribution in [2.75, 3.05) is 6.61 Å². The number of halogens is 6. The summed E-state index contributed by atoms with van der Waals surface area (Å²) >= 11 is 5.68. The van der Waals surface area contributed by atoms with Crippen molar-refractivity contribution in [2.24, 2.45) is 0 Å². The Kier molecular flexibility index (Phi) is 8.63. The highest BCUT2D eigenvalue weighted by Crippen LogP contribution is 2.31. The predicted molar refractivity (Wildman–Crippen MR) is 122 cm³/mol. The molecule has 0 bridgehead atoms. The van der Waals surface area contributed by atoms with Gasteiger partial charge in [0.1, 0.15) is 23.3 Å². The van der Waals surface area contributed by atoms with Gasteiger partial charge in [-0.3, -0.25) is 0 Å². The third-order valence-electron chi connectivity index (χ3n) is 4.32. The van der Waals surface area contributed by atoms with Gasteiger partial charge in [-0.2, -0.15) is 0 Å². The van der Waals surface area contributed by atoms with E-state index in [0.717, 1.165) is 37.1 Å². The monoisotopic (exact) mass is 634 g/mol. The van der Waals surface area contributed by atoms with Crippen LogP contribution in [-0.2, 0) is 4.74 Å². The molecule has 0 aliphatic rings. The minimum Gasteiger partial charge on any atom is -0.476 e. The lowest BCUT2D eigenvalue weighted by Crippen LogP contribution is -2.06. The topological polar surface area (TPSA) is 116 Å². The first-order valence-electron chi connectivity index (χ1n) is 9.62. The number of carbonyl (C=O) groups excluding carboxylic acids is 1. The fourth-order valence-electron chi connectivity index (χ4n) is 2.76. The molecule has 0 aliphatic heterocycles. The van der Waals surface area contributed by atoms with Crippen LogP contribution >= 0.6 is 31.9 Å². The Morgan fingerprint density at radius 2 is 1.28 bits per heavy atom. The quantitative estimate of drug-likeness (QED) is 0.147. The van der Waals surface area contributed by atoms with E-state index >= 15 is 0 Å². The number of rotatable bonds is 5. The van der Waals surface area contributed by atoms with E-state index in [1.54, 1.807) is 6.92 Å². The van der Waals surface area contributed by atoms with Gasteiger partial charge >= 0.3 is 11.9 Å². The minimum atomic E-state index is -1.38. The summed E-state index contributed by atoms with van der Waals surface area (Å²) in [4.78, 5) is 29.4. The van der Waals surface area contributed by atoms with Gasteiger partial charge in [-0.05, 0) is 63.0 Å². The van der Waals surface area contributed by atoms with E-state index in [2.05, 4.69) is 41.8 Å². The summed E-state index contributed by atoms with van der Waals surface area (Å²) in [7, 11) is 0. The molecule has 0 fully saturated rings. The first-order valence-corrected chi connectivity index (χ1v) is 11.2. The molecule has 4 aromatic rings. The molecule has 0 spiro atoms. The number of ether oxygens (including phenoxy) is 1. The van der Waals surface area contributed by atoms with Crippen molar-refractivity contribution >= 4 is 43.8 Å². The van der Waals surface area contributed by atoms with Crippen LogP contribution in [-0.4, -0.2) is 33.6 Å². The van der Waals surface area contributed by atoms with Gasteiger partial charge in [-0.25, -0.2) is 37.1 Å². The van der Waals surface area contributed by atoms with Crippen LogP contribution in [0.3, 0.4) is 0 Å². The van der Waals surface area contributed by atoms with Crippen molar-refractivity contribution in [3.05, 3.63) is 80.7 Å². The highest BCUT2D eigenvalue weighted by molar-refractivity contribution is 9.10. The maximum absolute atomic E-state index is 13.8. The summed E-state index contributed by atoms with van der Waals surface area (Å²) < 4.78 is 68.5. The molecule has 2 aromatic heterocycles. The van der Waals surface area contributed by atoms with Crippen LogP contribution in [0.15, 0.2) is 54.8 Å². The standard InChI is InChI=1S/C12H8BrF2NO3.C10H4BrF2NO3/c1-2-18-12(17)10-11(19-5-16-10)6-3-9(15)7(13)4-8(6)14;11-5-2-6(12)4(1-7(5)13)9-8(10(15)16)14-3-17-9/h3-5H,2H2,1H3;1-3H,(H,15,16). The molecule has 1 N–H and O–H groups in total. The normalized spacial score (nSPS) is 10.5. The second-order valence-electron chi connectivity index (χ2n) is 6.58. The Bertz CT molecular complexity index is 1440. The number of aromatic carboxylic acids is 1. The molecule has 2 heterocycles. The molecule has 36 heavy (non-hydrogen) atoms. The second-order valence-corrected chi connectivity index (χ2v) is 8.29. The number of hydrogen-bond acceptors (Lipinski definition) is 7. The minimum absolute atomic E-state index is 0.0223. The molecule has 14 heteroatoms. The first kappa shape index (κ1) is 27.1. The lowest BCUT2D eigenvalue weighted by molar-refractivity contribution is 0.0520. The van der Waals surface area contributed by atoms with Crippen molar-refractivity contribution in [2.45, 2.75) is 6.92 Å². The predicted octanol–water partition coefficient (Wildman–Crippen LogP) is 6.64. The zero-order valence-corrected chi connectivity index (χ0v) is 21.0. The number of esters is 1. The number of hydrogen-bond donors (Lipinski definition) is 1. The number of benzene rings is 2. The fourth-order valence-corrected chi connectivity index (χ4v) is 3.40. The van der Waals surface area contributed by atoms with Crippen LogP contribution in [0.4, 0.5) is 17.6 Å². The van der Waals surface area contributed by atoms with Crippen LogP contribution in [0.5, 0.6) is 0 Å². The van der Waals surface area contributed by atoms with Gasteiger partial charge in [0, 0.05) is 0 Å². The molecular weight excluding hydrogens is 624 g/mol. The number of carboxylic acid groups (broad SMARTS) is 1. The molecule has 0 radical (unpaired) electrons. The van der Waals surface area contributed by atoms with Gasteiger partial charge in [0.05, 0.1) is 26.7 Å². The average molecular weight is 636 g/mol. The van der Waals surface area contributed by atoms with Gasteiger partial charge < -0.3 is 18.7 Å². The Balaban J connectivity index is 0.000000202. The highest BCUT2D eigenvalue weighted by Gasteiger charge is 2.23. The van der Waals surface area contributed by atoms with Crippen LogP contribution in [0.25, 0.3) is 22.6 Å². The van der Waals surface area contributed by atoms with Crippen LogP contribution in [0.1, 0.15) is 27.9 Å². The molecule has 0 unspecified atom stereocenters. The Hall–Kier alpha value is -3.52. The molecule has 0 amide bonds. The lowest BCUT2D eigenvalue weighted by Gasteiger charge is -2.04. The maximum Gasteiger partial charge on any atom is 0.360 e. The van der Waals surface area contributed by atoms with Crippen molar-refractivity contribution in [3.8, 4) is 22.6 Å². The van der Waals surface area contributed by atoms with Gasteiger partial charge in [-0.15, -0.1) is 0 Å². The van der Waals surface area contributed by atoms with E-state index in [1.807, 2.05) is 0 Å². The van der Waals surface area contributed by atoms with Gasteiger partial charge in [0.2, 0.25) is 0 Å². The SMILES string of the molecule is CCOC(=O)c1ncoc1-c1cc(F)c(Br)cc1F.O=C(O)c1ncoc1-c1cc(F)c(Br)cc1F. The van der Waals surface area contributed by atoms with Gasteiger partial charge in [0.15, 0.2) is 35.7 Å². The fraction of sp³-hybridized carbons (Fsp3) is 0.0909. The smallest absolute Gasteiger partial charge is 0.360 e. The molecule has 8 nitrogen and oxygen atoms in total. The number of nitrogens with zero attached hydrogens (tertiary/aromatic N) is 2. The first-order chi connectivity index (χ1) is 17.0. The third kappa shape index (κ3) is 5.82.